The van der Waals surface area contributed by atoms with Crippen LogP contribution in [-0.2, 0) is 10.0 Å². The van der Waals surface area contributed by atoms with Crippen LogP contribution in [0.2, 0.25) is 10.0 Å². The van der Waals surface area contributed by atoms with Gasteiger partial charge in [0.15, 0.2) is 0 Å². The lowest BCUT2D eigenvalue weighted by molar-refractivity contribution is 0.102. The van der Waals surface area contributed by atoms with Gasteiger partial charge in [-0.1, -0.05) is 53.0 Å². The van der Waals surface area contributed by atoms with Gasteiger partial charge < -0.3 is 5.32 Å². The van der Waals surface area contributed by atoms with Crippen LogP contribution in [0.4, 0.5) is 11.4 Å². The minimum atomic E-state index is -3.90. The molecule has 8 heteroatoms. The highest BCUT2D eigenvalue weighted by atomic mass is 35.5. The quantitative estimate of drug-likeness (QED) is 0.490. The molecule has 3 aromatic rings. The number of halogens is 2. The van der Waals surface area contributed by atoms with Gasteiger partial charge in [0.1, 0.15) is 0 Å². The van der Waals surface area contributed by atoms with Crippen molar-refractivity contribution >= 4 is 50.5 Å². The highest BCUT2D eigenvalue weighted by molar-refractivity contribution is 7.92. The molecule has 5 nitrogen and oxygen atoms in total. The Morgan fingerprint density at radius 3 is 2.30 bits per heavy atom. The van der Waals surface area contributed by atoms with Crippen LogP contribution in [0.25, 0.3) is 0 Å². The van der Waals surface area contributed by atoms with Gasteiger partial charge in [0.05, 0.1) is 26.3 Å². The summed E-state index contributed by atoms with van der Waals surface area (Å²) in [7, 11) is -3.90. The smallest absolute Gasteiger partial charge is 0.262 e. The van der Waals surface area contributed by atoms with Gasteiger partial charge in [0, 0.05) is 5.56 Å². The van der Waals surface area contributed by atoms with Gasteiger partial charge in [-0.2, -0.15) is 0 Å². The molecule has 0 fully saturated rings. The average molecular weight is 463 g/mol. The van der Waals surface area contributed by atoms with Crippen molar-refractivity contribution in [2.24, 2.45) is 0 Å². The molecule has 3 aromatic carbocycles. The van der Waals surface area contributed by atoms with E-state index in [0.717, 1.165) is 11.1 Å². The number of carbonyl (C=O) groups excluding carboxylic acids is 1. The molecule has 0 radical (unpaired) electrons. The topological polar surface area (TPSA) is 75.3 Å². The van der Waals surface area contributed by atoms with E-state index in [0.29, 0.717) is 22.0 Å². The first-order valence-corrected chi connectivity index (χ1v) is 11.3. The van der Waals surface area contributed by atoms with Crippen molar-refractivity contribution in [2.75, 3.05) is 10.0 Å². The first-order valence-electron chi connectivity index (χ1n) is 9.04. The Morgan fingerprint density at radius 1 is 0.867 bits per heavy atom. The maximum atomic E-state index is 13.0. The molecule has 0 aliphatic carbocycles. The molecule has 0 unspecified atom stereocenters. The fourth-order valence-corrected chi connectivity index (χ4v) is 4.70. The monoisotopic (exact) mass is 462 g/mol. The predicted octanol–water partition coefficient (Wildman–Crippen LogP) is 5.97. The van der Waals surface area contributed by atoms with E-state index in [1.165, 1.54) is 6.07 Å². The van der Waals surface area contributed by atoms with Crippen molar-refractivity contribution in [3.8, 4) is 0 Å². The lowest BCUT2D eigenvalue weighted by Gasteiger charge is -2.14. The number of sulfonamides is 1. The maximum absolute atomic E-state index is 13.0. The Hall–Kier alpha value is -2.54. The van der Waals surface area contributed by atoms with E-state index in [-0.39, 0.29) is 15.5 Å². The number of rotatable bonds is 5. The first kappa shape index (κ1) is 22.2. The van der Waals surface area contributed by atoms with E-state index >= 15 is 0 Å². The molecule has 30 heavy (non-hydrogen) atoms. The molecule has 0 aliphatic rings. The summed E-state index contributed by atoms with van der Waals surface area (Å²) < 4.78 is 28.6. The third kappa shape index (κ3) is 4.78. The highest BCUT2D eigenvalue weighted by Crippen LogP contribution is 2.30. The van der Waals surface area contributed by atoms with Crippen molar-refractivity contribution < 1.29 is 13.2 Å². The number of anilines is 2. The van der Waals surface area contributed by atoms with Crippen molar-refractivity contribution in [1.82, 2.24) is 0 Å². The lowest BCUT2D eigenvalue weighted by Crippen LogP contribution is -2.17. The van der Waals surface area contributed by atoms with E-state index in [1.54, 1.807) is 43.3 Å². The number of benzene rings is 3. The zero-order valence-electron chi connectivity index (χ0n) is 16.6. The molecule has 156 valence electrons. The van der Waals surface area contributed by atoms with Crippen LogP contribution >= 0.6 is 23.2 Å². The number of hydrogen-bond acceptors (Lipinski definition) is 3. The third-order valence-electron chi connectivity index (χ3n) is 4.57. The van der Waals surface area contributed by atoms with Crippen LogP contribution in [0.5, 0.6) is 0 Å². The molecule has 0 spiro atoms. The molecular formula is C22H20Cl2N2O3S. The summed E-state index contributed by atoms with van der Waals surface area (Å²) in [5.41, 5.74) is 3.36. The Morgan fingerprint density at radius 2 is 1.60 bits per heavy atom. The fraction of sp³-hybridized carbons (Fsp3) is 0.136. The van der Waals surface area contributed by atoms with Crippen LogP contribution in [0.3, 0.4) is 0 Å². The van der Waals surface area contributed by atoms with E-state index in [4.69, 9.17) is 23.2 Å². The van der Waals surface area contributed by atoms with Gasteiger partial charge in [0.2, 0.25) is 0 Å². The second-order valence-electron chi connectivity index (χ2n) is 6.96. The number of amides is 1. The van der Waals surface area contributed by atoms with Crippen LogP contribution in [0, 0.1) is 20.8 Å². The van der Waals surface area contributed by atoms with E-state index < -0.39 is 15.9 Å². The summed E-state index contributed by atoms with van der Waals surface area (Å²) >= 11 is 12.1. The summed E-state index contributed by atoms with van der Waals surface area (Å²) in [5.74, 6) is -0.498. The summed E-state index contributed by atoms with van der Waals surface area (Å²) in [4.78, 5) is 12.7. The van der Waals surface area contributed by atoms with Crippen LogP contribution in [-0.4, -0.2) is 14.3 Å². The standard InChI is InChI=1S/C22H20Cl2N2O3S/c1-13-7-10-18(15(3)11-13)26-30(28,29)20-12-16(9-8-14(20)2)22(27)25-19-6-4-5-17(23)21(19)24/h4-12,26H,1-3H3,(H,25,27). The third-order valence-corrected chi connectivity index (χ3v) is 6.89. The van der Waals surface area contributed by atoms with Gasteiger partial charge in [-0.25, -0.2) is 8.42 Å². The van der Waals surface area contributed by atoms with Crippen molar-refractivity contribution in [1.29, 1.82) is 0 Å². The van der Waals surface area contributed by atoms with Gasteiger partial charge in [0.25, 0.3) is 15.9 Å². The maximum Gasteiger partial charge on any atom is 0.262 e. The SMILES string of the molecule is Cc1ccc(NS(=O)(=O)c2cc(C(=O)Nc3cccc(Cl)c3Cl)ccc2C)c(C)c1. The first-order chi connectivity index (χ1) is 14.1. The molecule has 2 N–H and O–H groups in total. The number of aryl methyl sites for hydroxylation is 3. The molecule has 0 bridgehead atoms. The Balaban J connectivity index is 1.92. The Labute approximate surface area is 186 Å². The molecule has 0 aromatic heterocycles. The number of hydrogen-bond donors (Lipinski definition) is 2. The van der Waals surface area contributed by atoms with Crippen LogP contribution < -0.4 is 10.0 Å². The zero-order valence-corrected chi connectivity index (χ0v) is 18.9. The molecule has 1 amide bonds. The normalized spacial score (nSPS) is 11.2. The number of carbonyl (C=O) groups is 1. The van der Waals surface area contributed by atoms with Gasteiger partial charge in [-0.05, 0) is 62.2 Å². The lowest BCUT2D eigenvalue weighted by atomic mass is 10.1. The summed E-state index contributed by atoms with van der Waals surface area (Å²) in [6.45, 7) is 5.44. The second kappa shape index (κ2) is 8.68. The van der Waals surface area contributed by atoms with E-state index in [9.17, 15) is 13.2 Å². The number of nitrogens with one attached hydrogen (secondary N) is 2. The fourth-order valence-electron chi connectivity index (χ4n) is 2.95. The Kier molecular flexibility index (Phi) is 6.41. The summed E-state index contributed by atoms with van der Waals surface area (Å²) in [5, 5.41) is 3.18. The largest absolute Gasteiger partial charge is 0.321 e. The van der Waals surface area contributed by atoms with E-state index in [1.807, 2.05) is 26.0 Å². The van der Waals surface area contributed by atoms with Gasteiger partial charge in [-0.3, -0.25) is 9.52 Å². The van der Waals surface area contributed by atoms with Gasteiger partial charge in [-0.15, -0.1) is 0 Å². The predicted molar refractivity (Wildman–Crippen MR) is 122 cm³/mol. The molecule has 0 aliphatic heterocycles. The average Bonchev–Trinajstić information content (AvgIpc) is 2.68. The molecule has 3 rings (SSSR count). The summed E-state index contributed by atoms with van der Waals surface area (Å²) in [6, 6.07) is 14.8. The minimum Gasteiger partial charge on any atom is -0.321 e. The Bertz CT molecular complexity index is 1240. The molecule has 0 saturated heterocycles. The molecular weight excluding hydrogens is 443 g/mol. The van der Waals surface area contributed by atoms with Gasteiger partial charge >= 0.3 is 0 Å². The summed E-state index contributed by atoms with van der Waals surface area (Å²) in [6.07, 6.45) is 0. The zero-order chi connectivity index (χ0) is 22.1. The molecule has 0 atom stereocenters. The minimum absolute atomic E-state index is 0.0207. The van der Waals surface area contributed by atoms with Crippen molar-refractivity contribution in [2.45, 2.75) is 25.7 Å². The second-order valence-corrected chi connectivity index (χ2v) is 9.40. The molecule has 0 heterocycles. The van der Waals surface area contributed by atoms with Crippen molar-refractivity contribution in [3.05, 3.63) is 86.9 Å². The van der Waals surface area contributed by atoms with Crippen LogP contribution in [0.1, 0.15) is 27.0 Å². The van der Waals surface area contributed by atoms with Crippen LogP contribution in [0.15, 0.2) is 59.5 Å². The molecule has 0 saturated carbocycles. The highest BCUT2D eigenvalue weighted by Gasteiger charge is 2.20. The van der Waals surface area contributed by atoms with E-state index in [2.05, 4.69) is 10.0 Å². The van der Waals surface area contributed by atoms with Crippen molar-refractivity contribution in [3.63, 3.8) is 0 Å².